The highest BCUT2D eigenvalue weighted by molar-refractivity contribution is 5.19. The van der Waals surface area contributed by atoms with E-state index in [0.717, 1.165) is 31.6 Å². The number of benzene rings is 1. The maximum absolute atomic E-state index is 12.9. The lowest BCUT2D eigenvalue weighted by atomic mass is 10.0. The van der Waals surface area contributed by atoms with Crippen LogP contribution >= 0.6 is 0 Å². The maximum atomic E-state index is 12.9. The van der Waals surface area contributed by atoms with Gasteiger partial charge in [-0.25, -0.2) is 4.39 Å². The lowest BCUT2D eigenvalue weighted by molar-refractivity contribution is -0.0388. The first kappa shape index (κ1) is 13.0. The van der Waals surface area contributed by atoms with E-state index in [1.165, 1.54) is 25.0 Å². The summed E-state index contributed by atoms with van der Waals surface area (Å²) >= 11 is 0. The van der Waals surface area contributed by atoms with Gasteiger partial charge in [0.05, 0.1) is 12.2 Å². The number of hydrogen-bond acceptors (Lipinski definition) is 3. The molecule has 2 aliphatic heterocycles. The summed E-state index contributed by atoms with van der Waals surface area (Å²) in [4.78, 5) is 2.45. The van der Waals surface area contributed by atoms with Crippen LogP contribution in [0.1, 0.15) is 30.9 Å². The van der Waals surface area contributed by atoms with Crippen molar-refractivity contribution in [3.63, 3.8) is 0 Å². The van der Waals surface area contributed by atoms with Crippen molar-refractivity contribution in [1.82, 2.24) is 4.90 Å². The molecule has 2 aliphatic rings. The van der Waals surface area contributed by atoms with Gasteiger partial charge in [-0.1, -0.05) is 12.1 Å². The Morgan fingerprint density at radius 2 is 1.84 bits per heavy atom. The molecule has 3 nitrogen and oxygen atoms in total. The van der Waals surface area contributed by atoms with E-state index in [2.05, 4.69) is 4.90 Å². The second-order valence-electron chi connectivity index (χ2n) is 5.66. The molecule has 4 heteroatoms. The number of halogens is 1. The highest BCUT2D eigenvalue weighted by Crippen LogP contribution is 2.26. The number of ether oxygens (including phenoxy) is 1. The third kappa shape index (κ3) is 3.14. The lowest BCUT2D eigenvalue weighted by Gasteiger charge is -2.32. The van der Waals surface area contributed by atoms with E-state index in [9.17, 15) is 4.39 Å². The minimum Gasteiger partial charge on any atom is -0.372 e. The number of nitrogens with zero attached hydrogens (tertiary/aromatic N) is 1. The third-order valence-corrected chi connectivity index (χ3v) is 4.17. The van der Waals surface area contributed by atoms with Gasteiger partial charge in [0.2, 0.25) is 0 Å². The average molecular weight is 264 g/mol. The fourth-order valence-corrected chi connectivity index (χ4v) is 3.08. The first-order valence-corrected chi connectivity index (χ1v) is 7.09. The van der Waals surface area contributed by atoms with Crippen LogP contribution < -0.4 is 5.73 Å². The van der Waals surface area contributed by atoms with Crippen molar-refractivity contribution < 1.29 is 9.13 Å². The van der Waals surface area contributed by atoms with E-state index in [1.54, 1.807) is 12.1 Å². The van der Waals surface area contributed by atoms with Crippen LogP contribution in [0.5, 0.6) is 0 Å². The van der Waals surface area contributed by atoms with Crippen LogP contribution in [0.2, 0.25) is 0 Å². The monoisotopic (exact) mass is 264 g/mol. The zero-order valence-corrected chi connectivity index (χ0v) is 11.1. The summed E-state index contributed by atoms with van der Waals surface area (Å²) < 4.78 is 18.7. The molecule has 2 fully saturated rings. The van der Waals surface area contributed by atoms with Crippen LogP contribution in [-0.4, -0.2) is 36.7 Å². The molecule has 0 saturated carbocycles. The topological polar surface area (TPSA) is 38.5 Å². The van der Waals surface area contributed by atoms with Crippen molar-refractivity contribution in [2.24, 2.45) is 5.73 Å². The van der Waals surface area contributed by atoms with Gasteiger partial charge in [0.1, 0.15) is 5.82 Å². The van der Waals surface area contributed by atoms with Gasteiger partial charge < -0.3 is 10.5 Å². The molecule has 0 aliphatic carbocycles. The first-order valence-electron chi connectivity index (χ1n) is 7.09. The average Bonchev–Trinajstić information content (AvgIpc) is 2.76. The Bertz CT molecular complexity index is 411. The van der Waals surface area contributed by atoms with Crippen LogP contribution in [0.15, 0.2) is 24.3 Å². The summed E-state index contributed by atoms with van der Waals surface area (Å²) in [6, 6.07) is 6.50. The molecular formula is C15H21FN2O. The summed E-state index contributed by atoms with van der Waals surface area (Å²) in [6.07, 6.45) is 4.17. The molecule has 2 bridgehead atoms. The Hall–Kier alpha value is -0.970. The molecule has 2 heterocycles. The Labute approximate surface area is 113 Å². The molecule has 2 saturated heterocycles. The second-order valence-corrected chi connectivity index (χ2v) is 5.66. The lowest BCUT2D eigenvalue weighted by Crippen LogP contribution is -2.43. The Kier molecular flexibility index (Phi) is 3.82. The predicted octanol–water partition coefficient (Wildman–Crippen LogP) is 2.08. The summed E-state index contributed by atoms with van der Waals surface area (Å²) in [5.41, 5.74) is 7.18. The quantitative estimate of drug-likeness (QED) is 0.905. The standard InChI is InChI=1S/C15H21FN2O/c16-12-3-1-11(2-4-12)15(17)7-8-18-9-13-5-6-14(10-18)19-13/h1-4,13-15H,5-10,17H2. The second kappa shape index (κ2) is 5.57. The van der Waals surface area contributed by atoms with Crippen molar-refractivity contribution in [2.75, 3.05) is 19.6 Å². The van der Waals surface area contributed by atoms with Crippen molar-refractivity contribution >= 4 is 0 Å². The fraction of sp³-hybridized carbons (Fsp3) is 0.600. The summed E-state index contributed by atoms with van der Waals surface area (Å²) in [6.45, 7) is 3.06. The van der Waals surface area contributed by atoms with Crippen LogP contribution in [-0.2, 0) is 4.74 Å². The minimum atomic E-state index is -0.208. The number of hydrogen-bond donors (Lipinski definition) is 1. The van der Waals surface area contributed by atoms with Crippen LogP contribution in [0.3, 0.4) is 0 Å². The highest BCUT2D eigenvalue weighted by Gasteiger charge is 2.33. The molecule has 0 radical (unpaired) electrons. The van der Waals surface area contributed by atoms with Crippen molar-refractivity contribution in [3.8, 4) is 0 Å². The zero-order valence-electron chi connectivity index (χ0n) is 11.1. The van der Waals surface area contributed by atoms with Gasteiger partial charge in [-0.15, -0.1) is 0 Å². The van der Waals surface area contributed by atoms with Crippen molar-refractivity contribution in [3.05, 3.63) is 35.6 Å². The Morgan fingerprint density at radius 3 is 2.47 bits per heavy atom. The molecule has 3 atom stereocenters. The summed E-state index contributed by atoms with van der Waals surface area (Å²) in [5, 5.41) is 0. The first-order chi connectivity index (χ1) is 9.20. The number of fused-ring (bicyclic) bond motifs is 2. The molecule has 3 unspecified atom stereocenters. The minimum absolute atomic E-state index is 0.0129. The van der Waals surface area contributed by atoms with E-state index in [1.807, 2.05) is 0 Å². The summed E-state index contributed by atoms with van der Waals surface area (Å²) in [5.74, 6) is -0.208. The molecule has 3 rings (SSSR count). The molecule has 0 amide bonds. The largest absolute Gasteiger partial charge is 0.372 e. The molecule has 0 aromatic heterocycles. The van der Waals surface area contributed by atoms with E-state index in [0.29, 0.717) is 12.2 Å². The number of nitrogens with two attached hydrogens (primary N) is 1. The molecule has 1 aromatic carbocycles. The van der Waals surface area contributed by atoms with Crippen molar-refractivity contribution in [1.29, 1.82) is 0 Å². The molecule has 104 valence electrons. The van der Waals surface area contributed by atoms with Crippen LogP contribution in [0, 0.1) is 5.82 Å². The fourth-order valence-electron chi connectivity index (χ4n) is 3.08. The molecule has 19 heavy (non-hydrogen) atoms. The Morgan fingerprint density at radius 1 is 1.21 bits per heavy atom. The molecule has 2 N–H and O–H groups in total. The van der Waals surface area contributed by atoms with E-state index < -0.39 is 0 Å². The van der Waals surface area contributed by atoms with Gasteiger partial charge in [-0.2, -0.15) is 0 Å². The molecule has 1 aromatic rings. The Balaban J connectivity index is 1.50. The third-order valence-electron chi connectivity index (χ3n) is 4.17. The number of likely N-dealkylation sites (tertiary alicyclic amines) is 1. The van der Waals surface area contributed by atoms with Gasteiger partial charge in [-0.05, 0) is 37.0 Å². The smallest absolute Gasteiger partial charge is 0.123 e. The number of morpholine rings is 1. The van der Waals surface area contributed by atoms with E-state index >= 15 is 0 Å². The zero-order chi connectivity index (χ0) is 13.2. The SMILES string of the molecule is NC(CCN1CC2CCC(C1)O2)c1ccc(F)cc1. The molecular weight excluding hydrogens is 243 g/mol. The van der Waals surface area contributed by atoms with Crippen LogP contribution in [0.25, 0.3) is 0 Å². The predicted molar refractivity (Wildman–Crippen MR) is 72.3 cm³/mol. The van der Waals surface area contributed by atoms with Gasteiger partial charge in [0, 0.05) is 25.7 Å². The van der Waals surface area contributed by atoms with Crippen molar-refractivity contribution in [2.45, 2.75) is 37.5 Å². The van der Waals surface area contributed by atoms with E-state index in [-0.39, 0.29) is 11.9 Å². The van der Waals surface area contributed by atoms with Gasteiger partial charge in [0.15, 0.2) is 0 Å². The maximum Gasteiger partial charge on any atom is 0.123 e. The highest BCUT2D eigenvalue weighted by atomic mass is 19.1. The molecule has 0 spiro atoms. The normalized spacial score (nSPS) is 28.5. The van der Waals surface area contributed by atoms with Gasteiger partial charge >= 0.3 is 0 Å². The van der Waals surface area contributed by atoms with E-state index in [4.69, 9.17) is 10.5 Å². The van der Waals surface area contributed by atoms with Crippen LogP contribution in [0.4, 0.5) is 4.39 Å². The van der Waals surface area contributed by atoms with Gasteiger partial charge in [-0.3, -0.25) is 4.90 Å². The van der Waals surface area contributed by atoms with Gasteiger partial charge in [0.25, 0.3) is 0 Å². The number of rotatable bonds is 4. The summed E-state index contributed by atoms with van der Waals surface area (Å²) in [7, 11) is 0.